The minimum atomic E-state index is -0.275. The maximum absolute atomic E-state index is 13.6. The van der Waals surface area contributed by atoms with E-state index in [0.717, 1.165) is 21.2 Å². The number of ether oxygens (including phenoxy) is 1. The second kappa shape index (κ2) is 8.58. The summed E-state index contributed by atoms with van der Waals surface area (Å²) in [5.74, 6) is 0.00721. The lowest BCUT2D eigenvalue weighted by atomic mass is 10.1. The number of methoxy groups -OCH3 is 1. The lowest BCUT2D eigenvalue weighted by Crippen LogP contribution is -2.31. The number of rotatable bonds is 6. The van der Waals surface area contributed by atoms with Gasteiger partial charge in [-0.25, -0.2) is 0 Å². The Morgan fingerprint density at radius 3 is 2.81 bits per heavy atom. The highest BCUT2D eigenvalue weighted by Crippen LogP contribution is 2.40. The Morgan fingerprint density at radius 2 is 2.10 bits per heavy atom. The minimum Gasteiger partial charge on any atom is -0.494 e. The summed E-state index contributed by atoms with van der Waals surface area (Å²) in [5.41, 5.74) is 1.44. The van der Waals surface area contributed by atoms with E-state index in [4.69, 9.17) is 10.00 Å². The molecular weight excluding hydrogens is 412 g/mol. The van der Waals surface area contributed by atoms with Crippen LogP contribution in [0.2, 0.25) is 0 Å². The van der Waals surface area contributed by atoms with Gasteiger partial charge in [-0.1, -0.05) is 24.3 Å². The van der Waals surface area contributed by atoms with Crippen LogP contribution in [0.5, 0.6) is 5.75 Å². The van der Waals surface area contributed by atoms with Crippen LogP contribution in [0.4, 0.5) is 0 Å². The molecule has 0 aliphatic carbocycles. The van der Waals surface area contributed by atoms with Gasteiger partial charge in [0.2, 0.25) is 0 Å². The lowest BCUT2D eigenvalue weighted by Gasteiger charge is -2.21. The number of carbonyl (C=O) groups excluding carboxylic acids is 1. The number of fused-ring (bicyclic) bond motifs is 3. The molecule has 0 saturated heterocycles. The van der Waals surface area contributed by atoms with Gasteiger partial charge in [-0.15, -0.1) is 11.3 Å². The summed E-state index contributed by atoms with van der Waals surface area (Å²) in [4.78, 5) is 32.7. The predicted molar refractivity (Wildman–Crippen MR) is 120 cm³/mol. The number of aromatic nitrogens is 2. The molecule has 4 rings (SSSR count). The van der Waals surface area contributed by atoms with Gasteiger partial charge in [0.15, 0.2) is 5.75 Å². The van der Waals surface area contributed by atoms with Crippen LogP contribution in [0.15, 0.2) is 53.6 Å². The number of thiophene rings is 1. The maximum Gasteiger partial charge on any atom is 0.268 e. The van der Waals surface area contributed by atoms with Gasteiger partial charge < -0.3 is 14.2 Å². The molecule has 1 amide bonds. The molecule has 0 N–H and O–H groups in total. The topological polar surface area (TPSA) is 88.2 Å². The fraction of sp³-hybridized carbons (Fsp3) is 0.217. The molecule has 3 aromatic heterocycles. The van der Waals surface area contributed by atoms with Crippen molar-refractivity contribution in [3.63, 3.8) is 0 Å². The summed E-state index contributed by atoms with van der Waals surface area (Å²) in [6, 6.07) is 13.4. The van der Waals surface area contributed by atoms with Crippen molar-refractivity contribution in [3.05, 3.63) is 69.6 Å². The molecule has 0 aliphatic rings. The summed E-state index contributed by atoms with van der Waals surface area (Å²) in [5, 5.41) is 10.4. The average molecular weight is 433 g/mol. The standard InChI is InChI=1S/C23H20N4O3S/c1-26-17-9-4-3-8-16(17)20-18(22(26)28)19(30-2)21(31-20)23(29)27(12-6-10-24)14-15-7-5-11-25-13-15/h3-5,7-9,11,13H,6,12,14H2,1-2H3. The number of nitriles is 1. The fourth-order valence-corrected chi connectivity index (χ4v) is 4.93. The van der Waals surface area contributed by atoms with Crippen molar-refractivity contribution in [2.75, 3.05) is 13.7 Å². The summed E-state index contributed by atoms with van der Waals surface area (Å²) < 4.78 is 7.88. The Labute approximate surface area is 182 Å². The van der Waals surface area contributed by atoms with Crippen molar-refractivity contribution < 1.29 is 9.53 Å². The van der Waals surface area contributed by atoms with Gasteiger partial charge in [0.05, 0.1) is 29.8 Å². The average Bonchev–Trinajstić information content (AvgIpc) is 3.20. The Kier molecular flexibility index (Phi) is 5.69. The highest BCUT2D eigenvalue weighted by Gasteiger charge is 2.27. The number of hydrogen-bond acceptors (Lipinski definition) is 6. The van der Waals surface area contributed by atoms with Crippen LogP contribution in [-0.2, 0) is 13.6 Å². The summed E-state index contributed by atoms with van der Waals surface area (Å²) in [6.07, 6.45) is 3.56. The van der Waals surface area contributed by atoms with E-state index < -0.39 is 0 Å². The number of nitrogens with zero attached hydrogens (tertiary/aromatic N) is 4. The molecule has 0 aliphatic heterocycles. The van der Waals surface area contributed by atoms with Crippen molar-refractivity contribution in [1.29, 1.82) is 5.26 Å². The molecule has 0 atom stereocenters. The fourth-order valence-electron chi connectivity index (χ4n) is 3.66. The highest BCUT2D eigenvalue weighted by molar-refractivity contribution is 7.22. The number of para-hydroxylation sites is 1. The predicted octanol–water partition coefficient (Wildman–Crippen LogP) is 3.71. The normalized spacial score (nSPS) is 10.9. The van der Waals surface area contributed by atoms with E-state index in [1.807, 2.05) is 30.3 Å². The molecule has 156 valence electrons. The van der Waals surface area contributed by atoms with Gasteiger partial charge in [0.1, 0.15) is 10.3 Å². The molecule has 0 fully saturated rings. The number of benzene rings is 1. The van der Waals surface area contributed by atoms with Gasteiger partial charge in [0, 0.05) is 37.9 Å². The monoisotopic (exact) mass is 432 g/mol. The number of pyridine rings is 2. The highest BCUT2D eigenvalue weighted by atomic mass is 32.1. The van der Waals surface area contributed by atoms with E-state index in [1.165, 1.54) is 18.4 Å². The minimum absolute atomic E-state index is 0.198. The van der Waals surface area contributed by atoms with Gasteiger partial charge in [0.25, 0.3) is 11.5 Å². The molecule has 7 nitrogen and oxygen atoms in total. The molecule has 8 heteroatoms. The van der Waals surface area contributed by atoms with Gasteiger partial charge >= 0.3 is 0 Å². The van der Waals surface area contributed by atoms with Crippen molar-refractivity contribution in [2.45, 2.75) is 13.0 Å². The first-order valence-corrected chi connectivity index (χ1v) is 10.5. The largest absolute Gasteiger partial charge is 0.494 e. The zero-order valence-electron chi connectivity index (χ0n) is 17.2. The van der Waals surface area contributed by atoms with Crippen LogP contribution in [0, 0.1) is 11.3 Å². The zero-order chi connectivity index (χ0) is 22.0. The first kappa shape index (κ1) is 20.6. The molecule has 3 heterocycles. The van der Waals surface area contributed by atoms with E-state index >= 15 is 0 Å². The zero-order valence-corrected chi connectivity index (χ0v) is 18.0. The lowest BCUT2D eigenvalue weighted by molar-refractivity contribution is 0.0749. The van der Waals surface area contributed by atoms with Crippen molar-refractivity contribution >= 4 is 38.2 Å². The van der Waals surface area contributed by atoms with Crippen molar-refractivity contribution in [2.24, 2.45) is 7.05 Å². The smallest absolute Gasteiger partial charge is 0.268 e. The number of carbonyl (C=O) groups is 1. The second-order valence-electron chi connectivity index (χ2n) is 7.05. The summed E-state index contributed by atoms with van der Waals surface area (Å²) in [7, 11) is 3.18. The Balaban J connectivity index is 1.88. The molecule has 1 aromatic carbocycles. The van der Waals surface area contributed by atoms with Crippen LogP contribution >= 0.6 is 11.3 Å². The van der Waals surface area contributed by atoms with E-state index in [0.29, 0.717) is 16.8 Å². The summed E-state index contributed by atoms with van der Waals surface area (Å²) in [6.45, 7) is 0.574. The van der Waals surface area contributed by atoms with E-state index in [2.05, 4.69) is 11.1 Å². The van der Waals surface area contributed by atoms with E-state index in [-0.39, 0.29) is 30.2 Å². The molecule has 0 spiro atoms. The molecule has 0 unspecified atom stereocenters. The number of amides is 1. The molecule has 0 saturated carbocycles. The third-order valence-electron chi connectivity index (χ3n) is 5.17. The van der Waals surface area contributed by atoms with Crippen molar-refractivity contribution in [3.8, 4) is 11.8 Å². The quantitative estimate of drug-likeness (QED) is 0.463. The Bertz CT molecular complexity index is 1370. The first-order chi connectivity index (χ1) is 15.1. The molecule has 0 radical (unpaired) electrons. The summed E-state index contributed by atoms with van der Waals surface area (Å²) >= 11 is 1.25. The maximum atomic E-state index is 13.6. The van der Waals surface area contributed by atoms with Crippen LogP contribution in [0.1, 0.15) is 21.7 Å². The Hall–Kier alpha value is -3.70. The number of hydrogen-bond donors (Lipinski definition) is 0. The second-order valence-corrected chi connectivity index (χ2v) is 8.07. The van der Waals surface area contributed by atoms with E-state index in [1.54, 1.807) is 35.0 Å². The van der Waals surface area contributed by atoms with E-state index in [9.17, 15) is 9.59 Å². The van der Waals surface area contributed by atoms with Crippen LogP contribution < -0.4 is 10.3 Å². The number of aryl methyl sites for hydroxylation is 1. The Morgan fingerprint density at radius 1 is 1.29 bits per heavy atom. The van der Waals surface area contributed by atoms with Crippen LogP contribution in [0.25, 0.3) is 21.0 Å². The third-order valence-corrected chi connectivity index (χ3v) is 6.36. The molecule has 0 bridgehead atoms. The van der Waals surface area contributed by atoms with Gasteiger partial charge in [-0.2, -0.15) is 5.26 Å². The molecule has 31 heavy (non-hydrogen) atoms. The van der Waals surface area contributed by atoms with Gasteiger partial charge in [-0.05, 0) is 17.7 Å². The molecular formula is C23H20N4O3S. The van der Waals surface area contributed by atoms with Crippen LogP contribution in [-0.4, -0.2) is 34.0 Å². The SMILES string of the molecule is COc1c(C(=O)N(CCC#N)Cc2cccnc2)sc2c1c(=O)n(C)c1ccccc21. The third kappa shape index (κ3) is 3.64. The van der Waals surface area contributed by atoms with Gasteiger partial charge in [-0.3, -0.25) is 14.6 Å². The van der Waals surface area contributed by atoms with Crippen molar-refractivity contribution in [1.82, 2.24) is 14.5 Å². The first-order valence-electron chi connectivity index (χ1n) is 9.70. The van der Waals surface area contributed by atoms with Crippen LogP contribution in [0.3, 0.4) is 0 Å². The molecule has 4 aromatic rings.